The summed E-state index contributed by atoms with van der Waals surface area (Å²) in [4.78, 5) is 38.0. The van der Waals surface area contributed by atoms with Crippen LogP contribution in [0.2, 0.25) is 0 Å². The van der Waals surface area contributed by atoms with Gasteiger partial charge in [-0.05, 0) is 24.3 Å². The average molecular weight is 306 g/mol. The molecule has 0 radical (unpaired) electrons. The monoisotopic (exact) mass is 306 g/mol. The van der Waals surface area contributed by atoms with Gasteiger partial charge in [0.15, 0.2) is 6.10 Å². The summed E-state index contributed by atoms with van der Waals surface area (Å²) in [6.45, 7) is 0.563. The van der Waals surface area contributed by atoms with Gasteiger partial charge in [0, 0.05) is 31.8 Å². The normalized spacial score (nSPS) is 17.9. The fourth-order valence-electron chi connectivity index (χ4n) is 2.18. The largest absolute Gasteiger partial charge is 0.479 e. The Morgan fingerprint density at radius 2 is 1.77 bits per heavy atom. The highest BCUT2D eigenvalue weighted by Crippen LogP contribution is 2.13. The van der Waals surface area contributed by atoms with E-state index < -0.39 is 12.1 Å². The third kappa shape index (κ3) is 3.43. The van der Waals surface area contributed by atoms with E-state index in [9.17, 15) is 14.4 Å². The van der Waals surface area contributed by atoms with Gasteiger partial charge in [0.25, 0.3) is 11.8 Å². The third-order valence-corrected chi connectivity index (χ3v) is 3.41. The summed E-state index contributed by atoms with van der Waals surface area (Å²) in [5.74, 6) is -1.49. The number of morpholine rings is 1. The summed E-state index contributed by atoms with van der Waals surface area (Å²) in [6, 6.07) is 6.32. The first-order chi connectivity index (χ1) is 10.4. The van der Waals surface area contributed by atoms with Gasteiger partial charge in [-0.2, -0.15) is 0 Å². The zero-order chi connectivity index (χ0) is 16.3. The molecule has 2 rings (SSSR count). The van der Waals surface area contributed by atoms with Gasteiger partial charge in [-0.15, -0.1) is 0 Å². The lowest BCUT2D eigenvalue weighted by Gasteiger charge is -2.30. The van der Waals surface area contributed by atoms with Gasteiger partial charge in [-0.25, -0.2) is 4.79 Å². The lowest BCUT2D eigenvalue weighted by molar-refractivity contribution is -0.154. The highest BCUT2D eigenvalue weighted by atomic mass is 16.5. The van der Waals surface area contributed by atoms with E-state index in [0.29, 0.717) is 17.7 Å². The fraction of sp³-hybridized carbons (Fsp3) is 0.400. The molecule has 22 heavy (non-hydrogen) atoms. The maximum Gasteiger partial charge on any atom is 0.334 e. The van der Waals surface area contributed by atoms with E-state index in [4.69, 9.17) is 9.84 Å². The van der Waals surface area contributed by atoms with Crippen molar-refractivity contribution in [3.8, 4) is 0 Å². The number of carboxylic acids is 1. The van der Waals surface area contributed by atoms with Crippen LogP contribution in [0.25, 0.3) is 0 Å². The van der Waals surface area contributed by atoms with Crippen molar-refractivity contribution in [3.05, 3.63) is 35.4 Å². The highest BCUT2D eigenvalue weighted by Gasteiger charge is 2.29. The van der Waals surface area contributed by atoms with Gasteiger partial charge >= 0.3 is 5.97 Å². The molecule has 1 aliphatic rings. The van der Waals surface area contributed by atoms with Gasteiger partial charge in [-0.1, -0.05) is 0 Å². The van der Waals surface area contributed by atoms with Crippen LogP contribution in [0.3, 0.4) is 0 Å². The van der Waals surface area contributed by atoms with Crippen molar-refractivity contribution in [3.63, 3.8) is 0 Å². The maximum absolute atomic E-state index is 12.4. The molecular formula is C15H18N2O5. The van der Waals surface area contributed by atoms with E-state index in [0.717, 1.165) is 0 Å². The minimum Gasteiger partial charge on any atom is -0.479 e. The molecule has 1 fully saturated rings. The molecule has 1 aliphatic heterocycles. The first kappa shape index (κ1) is 16.0. The number of nitrogens with zero attached hydrogens (tertiary/aromatic N) is 2. The number of benzene rings is 1. The van der Waals surface area contributed by atoms with Gasteiger partial charge < -0.3 is 19.6 Å². The first-order valence-corrected chi connectivity index (χ1v) is 6.85. The van der Waals surface area contributed by atoms with Gasteiger partial charge in [0.1, 0.15) is 0 Å². The standard InChI is InChI=1S/C15H18N2O5/c1-16(2)13(18)10-3-5-11(6-4-10)14(19)17-7-8-22-12(9-17)15(20)21/h3-6,12H,7-9H2,1-2H3,(H,20,21). The Kier molecular flexibility index (Phi) is 4.77. The Morgan fingerprint density at radius 3 is 2.32 bits per heavy atom. The number of hydrogen-bond donors (Lipinski definition) is 1. The summed E-state index contributed by atoms with van der Waals surface area (Å²) < 4.78 is 5.09. The second-order valence-electron chi connectivity index (χ2n) is 5.23. The molecule has 1 aromatic rings. The van der Waals surface area contributed by atoms with Crippen LogP contribution < -0.4 is 0 Å². The molecule has 7 heteroatoms. The Morgan fingerprint density at radius 1 is 1.18 bits per heavy atom. The smallest absolute Gasteiger partial charge is 0.334 e. The van der Waals surface area contributed by atoms with Crippen molar-refractivity contribution >= 4 is 17.8 Å². The van der Waals surface area contributed by atoms with E-state index in [2.05, 4.69) is 0 Å². The second-order valence-corrected chi connectivity index (χ2v) is 5.23. The molecule has 0 aromatic heterocycles. The van der Waals surface area contributed by atoms with Crippen molar-refractivity contribution in [2.24, 2.45) is 0 Å². The summed E-state index contributed by atoms with van der Waals surface area (Å²) in [5, 5.41) is 8.95. The lowest BCUT2D eigenvalue weighted by Crippen LogP contribution is -2.48. The number of carboxylic acid groups (broad SMARTS) is 1. The zero-order valence-corrected chi connectivity index (χ0v) is 12.5. The molecule has 0 spiro atoms. The Hall–Kier alpha value is -2.41. The minimum absolute atomic E-state index is 0.0204. The van der Waals surface area contributed by atoms with Crippen LogP contribution in [0, 0.1) is 0 Å². The molecule has 0 aliphatic carbocycles. The minimum atomic E-state index is -1.08. The van der Waals surface area contributed by atoms with Crippen molar-refractivity contribution in [1.29, 1.82) is 0 Å². The van der Waals surface area contributed by atoms with Crippen LogP contribution in [0.5, 0.6) is 0 Å². The van der Waals surface area contributed by atoms with Crippen molar-refractivity contribution in [2.75, 3.05) is 33.8 Å². The number of aliphatic carboxylic acids is 1. The molecule has 118 valence electrons. The second kappa shape index (κ2) is 6.57. The van der Waals surface area contributed by atoms with E-state index in [-0.39, 0.29) is 25.0 Å². The number of rotatable bonds is 3. The van der Waals surface area contributed by atoms with Gasteiger partial charge in [-0.3, -0.25) is 9.59 Å². The Labute approximate surface area is 128 Å². The van der Waals surface area contributed by atoms with Gasteiger partial charge in [0.05, 0.1) is 13.2 Å². The number of amides is 2. The fourth-order valence-corrected chi connectivity index (χ4v) is 2.18. The van der Waals surface area contributed by atoms with Crippen LogP contribution >= 0.6 is 0 Å². The van der Waals surface area contributed by atoms with E-state index >= 15 is 0 Å². The summed E-state index contributed by atoms with van der Waals surface area (Å²) >= 11 is 0. The van der Waals surface area contributed by atoms with Crippen molar-refractivity contribution in [1.82, 2.24) is 9.80 Å². The third-order valence-electron chi connectivity index (χ3n) is 3.41. The zero-order valence-electron chi connectivity index (χ0n) is 12.5. The number of hydrogen-bond acceptors (Lipinski definition) is 4. The number of carbonyl (C=O) groups is 3. The number of carbonyl (C=O) groups excluding carboxylic acids is 2. The first-order valence-electron chi connectivity index (χ1n) is 6.85. The topological polar surface area (TPSA) is 87.2 Å². The highest BCUT2D eigenvalue weighted by molar-refractivity contribution is 5.97. The summed E-state index contributed by atoms with van der Waals surface area (Å²) in [6.07, 6.45) is -0.993. The quantitative estimate of drug-likeness (QED) is 0.868. The average Bonchev–Trinajstić information content (AvgIpc) is 2.53. The molecule has 0 saturated carbocycles. The van der Waals surface area contributed by atoms with Crippen molar-refractivity contribution in [2.45, 2.75) is 6.10 Å². The molecule has 1 heterocycles. The molecular weight excluding hydrogens is 288 g/mol. The van der Waals surface area contributed by atoms with Crippen LogP contribution in [0.15, 0.2) is 24.3 Å². The van der Waals surface area contributed by atoms with Crippen LogP contribution in [-0.4, -0.2) is 72.6 Å². The molecule has 2 amide bonds. The van der Waals surface area contributed by atoms with Crippen LogP contribution in [0.1, 0.15) is 20.7 Å². The summed E-state index contributed by atoms with van der Waals surface area (Å²) in [5.41, 5.74) is 0.910. The van der Waals surface area contributed by atoms with Gasteiger partial charge in [0.2, 0.25) is 0 Å². The van der Waals surface area contributed by atoms with Crippen LogP contribution in [-0.2, 0) is 9.53 Å². The predicted molar refractivity (Wildman–Crippen MR) is 77.7 cm³/mol. The molecule has 1 saturated heterocycles. The molecule has 1 aromatic carbocycles. The SMILES string of the molecule is CN(C)C(=O)c1ccc(C(=O)N2CCOC(C(=O)O)C2)cc1. The molecule has 1 unspecified atom stereocenters. The molecule has 1 N–H and O–H groups in total. The Bertz CT molecular complexity index is 582. The Balaban J connectivity index is 2.09. The molecule has 7 nitrogen and oxygen atoms in total. The predicted octanol–water partition coefficient (Wildman–Crippen LogP) is 0.314. The van der Waals surface area contributed by atoms with E-state index in [1.54, 1.807) is 38.4 Å². The molecule has 1 atom stereocenters. The van der Waals surface area contributed by atoms with Crippen LogP contribution in [0.4, 0.5) is 0 Å². The van der Waals surface area contributed by atoms with E-state index in [1.165, 1.54) is 9.80 Å². The molecule has 0 bridgehead atoms. The van der Waals surface area contributed by atoms with Crippen molar-refractivity contribution < 1.29 is 24.2 Å². The lowest BCUT2D eigenvalue weighted by atomic mass is 10.1. The summed E-state index contributed by atoms with van der Waals surface area (Å²) in [7, 11) is 3.31. The number of ether oxygens (including phenoxy) is 1. The maximum atomic E-state index is 12.4. The van der Waals surface area contributed by atoms with E-state index in [1.807, 2.05) is 0 Å².